The lowest BCUT2D eigenvalue weighted by atomic mass is 10.2. The molecule has 20 heavy (non-hydrogen) atoms. The van der Waals surface area contributed by atoms with E-state index in [4.69, 9.17) is 4.74 Å². The highest BCUT2D eigenvalue weighted by molar-refractivity contribution is 5.40. The monoisotopic (exact) mass is 271 g/mol. The Kier molecular flexibility index (Phi) is 3.73. The molecular weight excluding hydrogens is 254 g/mol. The van der Waals surface area contributed by atoms with Gasteiger partial charge in [-0.2, -0.15) is 0 Å². The molecule has 0 bridgehead atoms. The number of anilines is 2. The van der Waals surface area contributed by atoms with Crippen molar-refractivity contribution in [1.29, 1.82) is 0 Å². The highest BCUT2D eigenvalue weighted by Crippen LogP contribution is 2.23. The van der Waals surface area contributed by atoms with E-state index in [0.29, 0.717) is 6.61 Å². The van der Waals surface area contributed by atoms with Crippen LogP contribution < -0.4 is 10.2 Å². The molecule has 1 unspecified atom stereocenters. The Morgan fingerprint density at radius 2 is 2.10 bits per heavy atom. The summed E-state index contributed by atoms with van der Waals surface area (Å²) in [6.07, 6.45) is 5.29. The lowest BCUT2D eigenvalue weighted by Crippen LogP contribution is -2.39. The van der Waals surface area contributed by atoms with Crippen molar-refractivity contribution in [1.82, 2.24) is 15.0 Å². The molecule has 0 aromatic carbocycles. The lowest BCUT2D eigenvalue weighted by Gasteiger charge is -2.32. The van der Waals surface area contributed by atoms with Crippen molar-refractivity contribution in [3.8, 4) is 0 Å². The van der Waals surface area contributed by atoms with Gasteiger partial charge in [-0.25, -0.2) is 9.97 Å². The topological polar surface area (TPSA) is 63.2 Å². The third kappa shape index (κ3) is 2.70. The SMILES string of the molecule is CNc1ccc(C2CN(c3ncccn3)CCO2)nc1. The van der Waals surface area contributed by atoms with E-state index in [1.165, 1.54) is 0 Å². The molecule has 0 saturated carbocycles. The van der Waals surface area contributed by atoms with E-state index in [1.807, 2.05) is 31.4 Å². The maximum Gasteiger partial charge on any atom is 0.225 e. The Bertz CT molecular complexity index is 545. The lowest BCUT2D eigenvalue weighted by molar-refractivity contribution is 0.0365. The van der Waals surface area contributed by atoms with E-state index in [1.54, 1.807) is 12.4 Å². The number of hydrogen-bond acceptors (Lipinski definition) is 6. The molecule has 2 aromatic rings. The third-order valence-corrected chi connectivity index (χ3v) is 3.31. The van der Waals surface area contributed by atoms with Crippen LogP contribution in [0.1, 0.15) is 11.8 Å². The van der Waals surface area contributed by atoms with Gasteiger partial charge in [-0.1, -0.05) is 0 Å². The standard InChI is InChI=1S/C14H17N5O/c1-15-11-3-4-12(18-9-11)13-10-19(7-8-20-13)14-16-5-2-6-17-14/h2-6,9,13,15H,7-8,10H2,1H3. The Hall–Kier alpha value is -2.21. The normalized spacial score (nSPS) is 18.9. The molecule has 3 rings (SSSR count). The van der Waals surface area contributed by atoms with Gasteiger partial charge >= 0.3 is 0 Å². The fraction of sp³-hybridized carbons (Fsp3) is 0.357. The summed E-state index contributed by atoms with van der Waals surface area (Å²) >= 11 is 0. The average Bonchev–Trinajstić information content (AvgIpc) is 2.56. The number of hydrogen-bond donors (Lipinski definition) is 1. The van der Waals surface area contributed by atoms with Gasteiger partial charge in [0.05, 0.1) is 30.7 Å². The summed E-state index contributed by atoms with van der Waals surface area (Å²) in [5, 5.41) is 3.06. The van der Waals surface area contributed by atoms with Crippen LogP contribution in [0.4, 0.5) is 11.6 Å². The maximum absolute atomic E-state index is 5.81. The highest BCUT2D eigenvalue weighted by Gasteiger charge is 2.24. The predicted molar refractivity (Wildman–Crippen MR) is 76.7 cm³/mol. The summed E-state index contributed by atoms with van der Waals surface area (Å²) in [5.41, 5.74) is 1.93. The number of aromatic nitrogens is 3. The van der Waals surface area contributed by atoms with E-state index in [9.17, 15) is 0 Å². The third-order valence-electron chi connectivity index (χ3n) is 3.31. The largest absolute Gasteiger partial charge is 0.387 e. The Morgan fingerprint density at radius 1 is 1.25 bits per heavy atom. The quantitative estimate of drug-likeness (QED) is 0.912. The number of ether oxygens (including phenoxy) is 1. The molecule has 104 valence electrons. The minimum absolute atomic E-state index is 0.0431. The predicted octanol–water partition coefficient (Wildman–Crippen LogP) is 1.49. The van der Waals surface area contributed by atoms with E-state index in [0.717, 1.165) is 30.4 Å². The summed E-state index contributed by atoms with van der Waals surface area (Å²) in [6.45, 7) is 2.17. The summed E-state index contributed by atoms with van der Waals surface area (Å²) in [4.78, 5) is 15.1. The highest BCUT2D eigenvalue weighted by atomic mass is 16.5. The van der Waals surface area contributed by atoms with Crippen molar-refractivity contribution < 1.29 is 4.74 Å². The molecule has 0 amide bonds. The number of rotatable bonds is 3. The van der Waals surface area contributed by atoms with Gasteiger partial charge in [0, 0.05) is 26.0 Å². The van der Waals surface area contributed by atoms with E-state index >= 15 is 0 Å². The Morgan fingerprint density at radius 3 is 2.80 bits per heavy atom. The van der Waals surface area contributed by atoms with Crippen LogP contribution in [0.5, 0.6) is 0 Å². The molecule has 1 fully saturated rings. The molecule has 6 heteroatoms. The number of nitrogens with zero attached hydrogens (tertiary/aromatic N) is 4. The first-order valence-corrected chi connectivity index (χ1v) is 6.64. The van der Waals surface area contributed by atoms with Gasteiger partial charge in [-0.05, 0) is 18.2 Å². The maximum atomic E-state index is 5.81. The van der Waals surface area contributed by atoms with Gasteiger partial charge < -0.3 is 15.0 Å². The van der Waals surface area contributed by atoms with E-state index in [-0.39, 0.29) is 6.10 Å². The molecule has 1 atom stereocenters. The first kappa shape index (κ1) is 12.8. The van der Waals surface area contributed by atoms with Crippen LogP contribution in [0, 0.1) is 0 Å². The molecule has 1 N–H and O–H groups in total. The fourth-order valence-electron chi connectivity index (χ4n) is 2.21. The first-order chi connectivity index (χ1) is 9.86. The average molecular weight is 271 g/mol. The van der Waals surface area contributed by atoms with Crippen molar-refractivity contribution in [2.24, 2.45) is 0 Å². The molecule has 1 aliphatic rings. The summed E-state index contributed by atoms with van der Waals surface area (Å²) in [6, 6.07) is 5.81. The van der Waals surface area contributed by atoms with Crippen molar-refractivity contribution in [3.05, 3.63) is 42.5 Å². The van der Waals surface area contributed by atoms with Gasteiger partial charge in [-0.3, -0.25) is 4.98 Å². The van der Waals surface area contributed by atoms with Gasteiger partial charge in [-0.15, -0.1) is 0 Å². The molecule has 1 aliphatic heterocycles. The molecule has 0 spiro atoms. The molecular formula is C14H17N5O. The second kappa shape index (κ2) is 5.83. The van der Waals surface area contributed by atoms with Crippen molar-refractivity contribution in [3.63, 3.8) is 0 Å². The van der Waals surface area contributed by atoms with Gasteiger partial charge in [0.1, 0.15) is 6.10 Å². The van der Waals surface area contributed by atoms with Crippen LogP contribution in [-0.2, 0) is 4.74 Å². The summed E-state index contributed by atoms with van der Waals surface area (Å²) < 4.78 is 5.81. The number of pyridine rings is 1. The van der Waals surface area contributed by atoms with Gasteiger partial charge in [0.2, 0.25) is 5.95 Å². The summed E-state index contributed by atoms with van der Waals surface area (Å²) in [7, 11) is 1.88. The van der Waals surface area contributed by atoms with Crippen LogP contribution in [0.25, 0.3) is 0 Å². The molecule has 2 aromatic heterocycles. The van der Waals surface area contributed by atoms with Crippen LogP contribution >= 0.6 is 0 Å². The zero-order valence-electron chi connectivity index (χ0n) is 11.4. The van der Waals surface area contributed by atoms with Crippen LogP contribution in [-0.4, -0.2) is 41.7 Å². The number of morpholine rings is 1. The fourth-order valence-corrected chi connectivity index (χ4v) is 2.21. The zero-order valence-corrected chi connectivity index (χ0v) is 11.4. The van der Waals surface area contributed by atoms with E-state index in [2.05, 4.69) is 25.2 Å². The minimum Gasteiger partial charge on any atom is -0.387 e. The Labute approximate surface area is 117 Å². The Balaban J connectivity index is 1.74. The van der Waals surface area contributed by atoms with Crippen molar-refractivity contribution >= 4 is 11.6 Å². The molecule has 0 radical (unpaired) electrons. The van der Waals surface area contributed by atoms with Crippen LogP contribution in [0.3, 0.4) is 0 Å². The first-order valence-electron chi connectivity index (χ1n) is 6.64. The van der Waals surface area contributed by atoms with Gasteiger partial charge in [0.15, 0.2) is 0 Å². The molecule has 6 nitrogen and oxygen atoms in total. The molecule has 3 heterocycles. The van der Waals surface area contributed by atoms with E-state index < -0.39 is 0 Å². The second-order valence-corrected chi connectivity index (χ2v) is 4.58. The molecule has 1 saturated heterocycles. The minimum atomic E-state index is -0.0431. The smallest absolute Gasteiger partial charge is 0.225 e. The van der Waals surface area contributed by atoms with Gasteiger partial charge in [0.25, 0.3) is 0 Å². The van der Waals surface area contributed by atoms with Crippen LogP contribution in [0.15, 0.2) is 36.8 Å². The van der Waals surface area contributed by atoms with Crippen molar-refractivity contribution in [2.45, 2.75) is 6.10 Å². The van der Waals surface area contributed by atoms with Crippen molar-refractivity contribution in [2.75, 3.05) is 37.0 Å². The summed E-state index contributed by atoms with van der Waals surface area (Å²) in [5.74, 6) is 0.743. The molecule has 0 aliphatic carbocycles. The zero-order chi connectivity index (χ0) is 13.8. The number of nitrogens with one attached hydrogen (secondary N) is 1. The second-order valence-electron chi connectivity index (χ2n) is 4.58. The van der Waals surface area contributed by atoms with Crippen LogP contribution in [0.2, 0.25) is 0 Å².